The van der Waals surface area contributed by atoms with Crippen molar-refractivity contribution in [2.24, 2.45) is 5.10 Å². The lowest BCUT2D eigenvalue weighted by molar-refractivity contribution is 0.0396. The van der Waals surface area contributed by atoms with Gasteiger partial charge in [-0.15, -0.1) is 0 Å². The molecule has 1 saturated heterocycles. The Morgan fingerprint density at radius 1 is 1.25 bits per heavy atom. The lowest BCUT2D eigenvalue weighted by Gasteiger charge is -2.23. The summed E-state index contributed by atoms with van der Waals surface area (Å²) >= 11 is 6.08. The predicted molar refractivity (Wildman–Crippen MR) is 89.3 cm³/mol. The van der Waals surface area contributed by atoms with Crippen LogP contribution in [-0.4, -0.2) is 52.2 Å². The molecule has 0 spiro atoms. The molecule has 0 unspecified atom stereocenters. The van der Waals surface area contributed by atoms with Crippen LogP contribution in [0.25, 0.3) is 5.69 Å². The summed E-state index contributed by atoms with van der Waals surface area (Å²) in [6.45, 7) is 2.25. The van der Waals surface area contributed by atoms with E-state index in [0.717, 1.165) is 4.57 Å². The number of benzene rings is 1. The minimum atomic E-state index is -0.783. The number of halogens is 1. The average molecular weight is 351 g/mol. The average Bonchev–Trinajstić information content (AvgIpc) is 2.57. The van der Waals surface area contributed by atoms with Gasteiger partial charge in [0, 0.05) is 0 Å². The number of para-hydroxylation sites is 1. The Hall–Kier alpha value is -2.58. The zero-order valence-electron chi connectivity index (χ0n) is 12.6. The highest BCUT2D eigenvalue weighted by Gasteiger charge is 2.16. The fraction of sp³-hybridized carbons (Fsp3) is 0.267. The maximum atomic E-state index is 12.1. The molecule has 8 nitrogen and oxygen atoms in total. The number of morpholine rings is 1. The van der Waals surface area contributed by atoms with Crippen LogP contribution in [0.5, 0.6) is 5.88 Å². The number of H-pyrrole nitrogens is 1. The molecule has 0 aliphatic carbocycles. The van der Waals surface area contributed by atoms with E-state index < -0.39 is 17.1 Å². The van der Waals surface area contributed by atoms with E-state index in [-0.39, 0.29) is 16.3 Å². The highest BCUT2D eigenvalue weighted by molar-refractivity contribution is 6.32. The van der Waals surface area contributed by atoms with Crippen molar-refractivity contribution in [3.8, 4) is 11.6 Å². The highest BCUT2D eigenvalue weighted by Crippen LogP contribution is 2.22. The summed E-state index contributed by atoms with van der Waals surface area (Å²) in [7, 11) is 0. The molecule has 0 atom stereocenters. The maximum Gasteiger partial charge on any atom is 0.335 e. The van der Waals surface area contributed by atoms with E-state index in [4.69, 9.17) is 16.3 Å². The number of rotatable bonds is 3. The second-order valence-electron chi connectivity index (χ2n) is 5.09. The number of hydrogen-bond donors (Lipinski definition) is 2. The molecule has 0 saturated carbocycles. The first-order chi connectivity index (χ1) is 11.6. The van der Waals surface area contributed by atoms with Crippen molar-refractivity contribution in [2.75, 3.05) is 26.3 Å². The van der Waals surface area contributed by atoms with Crippen LogP contribution in [0, 0.1) is 0 Å². The van der Waals surface area contributed by atoms with Crippen LogP contribution in [0.3, 0.4) is 0 Å². The summed E-state index contributed by atoms with van der Waals surface area (Å²) in [5, 5.41) is 16.5. The largest absolute Gasteiger partial charge is 0.493 e. The van der Waals surface area contributed by atoms with E-state index >= 15 is 0 Å². The van der Waals surface area contributed by atoms with Crippen molar-refractivity contribution in [3.05, 3.63) is 55.7 Å². The Morgan fingerprint density at radius 2 is 1.96 bits per heavy atom. The second kappa shape index (κ2) is 6.90. The van der Waals surface area contributed by atoms with Crippen molar-refractivity contribution >= 4 is 17.8 Å². The number of aromatic hydroxyl groups is 1. The summed E-state index contributed by atoms with van der Waals surface area (Å²) in [6.07, 6.45) is 1.23. The first-order valence-corrected chi connectivity index (χ1v) is 7.65. The van der Waals surface area contributed by atoms with Gasteiger partial charge in [-0.2, -0.15) is 5.10 Å². The number of aromatic nitrogens is 2. The van der Waals surface area contributed by atoms with Gasteiger partial charge in [0.15, 0.2) is 0 Å². The van der Waals surface area contributed by atoms with Crippen LogP contribution in [-0.2, 0) is 4.74 Å². The second-order valence-corrected chi connectivity index (χ2v) is 5.50. The maximum absolute atomic E-state index is 12.1. The van der Waals surface area contributed by atoms with Crippen LogP contribution in [0.4, 0.5) is 0 Å². The third-order valence-corrected chi connectivity index (χ3v) is 3.87. The number of ether oxygens (including phenoxy) is 1. The first kappa shape index (κ1) is 16.3. The molecule has 2 N–H and O–H groups in total. The summed E-state index contributed by atoms with van der Waals surface area (Å²) in [5.74, 6) is -0.520. The quantitative estimate of drug-likeness (QED) is 0.787. The van der Waals surface area contributed by atoms with Crippen molar-refractivity contribution in [1.82, 2.24) is 14.6 Å². The van der Waals surface area contributed by atoms with E-state index in [0.29, 0.717) is 26.3 Å². The van der Waals surface area contributed by atoms with Crippen molar-refractivity contribution in [3.63, 3.8) is 0 Å². The van der Waals surface area contributed by atoms with Gasteiger partial charge in [-0.25, -0.2) is 9.36 Å². The number of aromatic amines is 1. The normalized spacial score (nSPS) is 15.1. The molecule has 9 heteroatoms. The Morgan fingerprint density at radius 3 is 2.67 bits per heavy atom. The van der Waals surface area contributed by atoms with Crippen LogP contribution in [0.2, 0.25) is 5.02 Å². The van der Waals surface area contributed by atoms with Gasteiger partial charge in [0.2, 0.25) is 5.88 Å². The molecular weight excluding hydrogens is 336 g/mol. The minimum absolute atomic E-state index is 0.124. The summed E-state index contributed by atoms with van der Waals surface area (Å²) < 4.78 is 6.15. The molecule has 1 aromatic heterocycles. The van der Waals surface area contributed by atoms with Crippen LogP contribution < -0.4 is 11.2 Å². The molecule has 1 aliphatic heterocycles. The standard InChI is InChI=1S/C15H15ClN4O4/c16-11-3-1-2-4-12(11)20-14(22)10(13(21)18-15(20)23)9-17-19-5-7-24-8-6-19/h1-4,9,22H,5-8H2,(H,18,21,23)/b17-9+. The molecule has 24 heavy (non-hydrogen) atoms. The molecule has 2 heterocycles. The smallest absolute Gasteiger partial charge is 0.335 e. The van der Waals surface area contributed by atoms with Crippen LogP contribution in [0.15, 0.2) is 39.0 Å². The monoisotopic (exact) mass is 350 g/mol. The molecule has 1 aliphatic rings. The molecule has 1 fully saturated rings. The Bertz CT molecular complexity index is 884. The van der Waals surface area contributed by atoms with Gasteiger partial charge in [0.25, 0.3) is 5.56 Å². The van der Waals surface area contributed by atoms with Gasteiger partial charge >= 0.3 is 5.69 Å². The fourth-order valence-corrected chi connectivity index (χ4v) is 2.54. The summed E-state index contributed by atoms with van der Waals surface area (Å²) in [6, 6.07) is 6.50. The van der Waals surface area contributed by atoms with Crippen molar-refractivity contribution < 1.29 is 9.84 Å². The zero-order chi connectivity index (χ0) is 17.1. The number of nitrogens with one attached hydrogen (secondary N) is 1. The third-order valence-electron chi connectivity index (χ3n) is 3.55. The molecule has 0 bridgehead atoms. The van der Waals surface area contributed by atoms with Gasteiger partial charge in [-0.1, -0.05) is 23.7 Å². The Balaban J connectivity index is 2.06. The Kier molecular flexibility index (Phi) is 4.68. The third kappa shape index (κ3) is 3.19. The summed E-state index contributed by atoms with van der Waals surface area (Å²) in [4.78, 5) is 26.3. The summed E-state index contributed by atoms with van der Waals surface area (Å²) in [5.41, 5.74) is -1.37. The molecule has 0 amide bonds. The van der Waals surface area contributed by atoms with Crippen LogP contribution in [0.1, 0.15) is 5.56 Å². The van der Waals surface area contributed by atoms with Crippen molar-refractivity contribution in [1.29, 1.82) is 0 Å². The minimum Gasteiger partial charge on any atom is -0.493 e. The zero-order valence-corrected chi connectivity index (χ0v) is 13.4. The fourth-order valence-electron chi connectivity index (χ4n) is 2.32. The number of nitrogens with zero attached hydrogens (tertiary/aromatic N) is 3. The van der Waals surface area contributed by atoms with E-state index in [9.17, 15) is 14.7 Å². The molecule has 0 radical (unpaired) electrons. The predicted octanol–water partition coefficient (Wildman–Crippen LogP) is 0.551. The van der Waals surface area contributed by atoms with E-state index in [1.54, 1.807) is 29.3 Å². The van der Waals surface area contributed by atoms with Crippen LogP contribution >= 0.6 is 11.6 Å². The molecular formula is C15H15ClN4O4. The topological polar surface area (TPSA) is 99.9 Å². The number of hydrogen-bond acceptors (Lipinski definition) is 6. The SMILES string of the molecule is O=c1[nH]c(=O)n(-c2ccccc2Cl)c(O)c1/C=N/N1CCOCC1. The van der Waals surface area contributed by atoms with E-state index in [1.807, 2.05) is 0 Å². The first-order valence-electron chi connectivity index (χ1n) is 7.28. The van der Waals surface area contributed by atoms with Gasteiger partial charge in [-0.05, 0) is 12.1 Å². The molecule has 3 rings (SSSR count). The molecule has 1 aromatic carbocycles. The van der Waals surface area contributed by atoms with Gasteiger partial charge in [0.05, 0.1) is 43.2 Å². The number of hydrazone groups is 1. The van der Waals surface area contributed by atoms with Gasteiger partial charge in [-0.3, -0.25) is 14.8 Å². The Labute approximate surface area is 141 Å². The van der Waals surface area contributed by atoms with Gasteiger partial charge < -0.3 is 9.84 Å². The van der Waals surface area contributed by atoms with E-state index in [1.165, 1.54) is 6.21 Å². The van der Waals surface area contributed by atoms with E-state index in [2.05, 4.69) is 10.1 Å². The molecule has 126 valence electrons. The molecule has 2 aromatic rings. The lowest BCUT2D eigenvalue weighted by Crippen LogP contribution is -2.34. The lowest BCUT2D eigenvalue weighted by atomic mass is 10.3. The van der Waals surface area contributed by atoms with Crippen molar-refractivity contribution in [2.45, 2.75) is 0 Å². The highest BCUT2D eigenvalue weighted by atomic mass is 35.5. The van der Waals surface area contributed by atoms with Gasteiger partial charge in [0.1, 0.15) is 5.56 Å².